The summed E-state index contributed by atoms with van der Waals surface area (Å²) in [6.07, 6.45) is 4.09. The van der Waals surface area contributed by atoms with Crippen LogP contribution < -0.4 is 19.5 Å². The fourth-order valence-electron chi connectivity index (χ4n) is 2.83. The van der Waals surface area contributed by atoms with E-state index in [9.17, 15) is 4.79 Å². The molecule has 1 aliphatic rings. The van der Waals surface area contributed by atoms with Gasteiger partial charge in [-0.3, -0.25) is 4.79 Å². The maximum Gasteiger partial charge on any atom is 0.244 e. The fraction of sp³-hybridized carbons (Fsp3) is 0.286. The van der Waals surface area contributed by atoms with Crippen molar-refractivity contribution in [2.45, 2.75) is 19.4 Å². The molecule has 1 N–H and O–H groups in total. The van der Waals surface area contributed by atoms with Crippen LogP contribution in [-0.2, 0) is 4.79 Å². The van der Waals surface area contributed by atoms with Gasteiger partial charge in [-0.2, -0.15) is 0 Å². The van der Waals surface area contributed by atoms with E-state index in [0.717, 1.165) is 34.8 Å². The lowest BCUT2D eigenvalue weighted by atomic mass is 10.0. The number of ether oxygens (including phenoxy) is 3. The van der Waals surface area contributed by atoms with Crippen molar-refractivity contribution < 1.29 is 19.0 Å². The molecule has 136 valence electrons. The summed E-state index contributed by atoms with van der Waals surface area (Å²) in [6.45, 7) is 3.14. The summed E-state index contributed by atoms with van der Waals surface area (Å²) in [4.78, 5) is 12.3. The van der Waals surface area contributed by atoms with Gasteiger partial charge < -0.3 is 19.5 Å². The molecule has 0 radical (unpaired) electrons. The quantitative estimate of drug-likeness (QED) is 0.804. The van der Waals surface area contributed by atoms with E-state index in [1.807, 2.05) is 49.4 Å². The Labute approximate surface area is 153 Å². The van der Waals surface area contributed by atoms with Crippen LogP contribution in [0.25, 0.3) is 6.08 Å². The lowest BCUT2D eigenvalue weighted by Crippen LogP contribution is -2.26. The Morgan fingerprint density at radius 1 is 1.19 bits per heavy atom. The molecule has 0 saturated carbocycles. The van der Waals surface area contributed by atoms with Gasteiger partial charge in [0.15, 0.2) is 11.5 Å². The number of benzene rings is 2. The van der Waals surface area contributed by atoms with Crippen molar-refractivity contribution in [1.29, 1.82) is 0 Å². The van der Waals surface area contributed by atoms with Gasteiger partial charge in [0.2, 0.25) is 5.91 Å². The maximum absolute atomic E-state index is 12.3. The largest absolute Gasteiger partial charge is 0.497 e. The summed E-state index contributed by atoms with van der Waals surface area (Å²) in [5, 5.41) is 3.04. The van der Waals surface area contributed by atoms with Crippen LogP contribution >= 0.6 is 0 Å². The number of hydrogen-bond donors (Lipinski definition) is 1. The Bertz CT molecular complexity index is 800. The number of hydrogen-bond acceptors (Lipinski definition) is 4. The lowest BCUT2D eigenvalue weighted by molar-refractivity contribution is -0.117. The van der Waals surface area contributed by atoms with Crippen molar-refractivity contribution in [2.75, 3.05) is 20.3 Å². The minimum atomic E-state index is -0.144. The summed E-state index contributed by atoms with van der Waals surface area (Å²) in [5.41, 5.74) is 1.91. The van der Waals surface area contributed by atoms with E-state index >= 15 is 0 Å². The molecule has 3 rings (SSSR count). The second kappa shape index (κ2) is 8.43. The van der Waals surface area contributed by atoms with E-state index in [1.165, 1.54) is 6.08 Å². The van der Waals surface area contributed by atoms with Crippen LogP contribution in [0.4, 0.5) is 0 Å². The zero-order valence-electron chi connectivity index (χ0n) is 15.0. The fourth-order valence-corrected chi connectivity index (χ4v) is 2.83. The monoisotopic (exact) mass is 353 g/mol. The van der Waals surface area contributed by atoms with Crippen molar-refractivity contribution in [2.24, 2.45) is 0 Å². The number of carbonyl (C=O) groups excluding carboxylic acids is 1. The van der Waals surface area contributed by atoms with E-state index in [1.54, 1.807) is 13.2 Å². The summed E-state index contributed by atoms with van der Waals surface area (Å²) in [6, 6.07) is 13.3. The molecule has 0 saturated heterocycles. The highest BCUT2D eigenvalue weighted by atomic mass is 16.6. The lowest BCUT2D eigenvalue weighted by Gasteiger charge is -2.22. The highest BCUT2D eigenvalue weighted by Crippen LogP contribution is 2.33. The molecule has 1 amide bonds. The molecule has 1 aliphatic heterocycles. The van der Waals surface area contributed by atoms with Crippen molar-refractivity contribution >= 4 is 12.0 Å². The van der Waals surface area contributed by atoms with Crippen LogP contribution in [0.15, 0.2) is 48.5 Å². The van der Waals surface area contributed by atoms with Crippen molar-refractivity contribution in [1.82, 2.24) is 5.32 Å². The smallest absolute Gasteiger partial charge is 0.244 e. The molecule has 5 nitrogen and oxygen atoms in total. The number of carbonyl (C=O) groups is 1. The minimum absolute atomic E-state index is 0.0896. The third-order valence-corrected chi connectivity index (χ3v) is 4.21. The standard InChI is InChI=1S/C21H23NO4/c1-3-18(16-8-9-19-20(14-16)26-12-11-25-19)22-21(23)10-7-15-5-4-6-17(13-15)24-2/h4-10,13-14,18H,3,11-12H2,1-2H3,(H,22,23)/b10-7+. The first-order valence-corrected chi connectivity index (χ1v) is 8.71. The molecular weight excluding hydrogens is 330 g/mol. The first-order chi connectivity index (χ1) is 12.7. The van der Waals surface area contributed by atoms with Crippen molar-refractivity contribution in [3.8, 4) is 17.2 Å². The van der Waals surface area contributed by atoms with E-state index < -0.39 is 0 Å². The van der Waals surface area contributed by atoms with Gasteiger partial charge >= 0.3 is 0 Å². The van der Waals surface area contributed by atoms with Gasteiger partial charge in [-0.25, -0.2) is 0 Å². The molecule has 2 aromatic rings. The number of methoxy groups -OCH3 is 1. The zero-order valence-corrected chi connectivity index (χ0v) is 15.0. The molecule has 1 atom stereocenters. The van der Waals surface area contributed by atoms with Crippen LogP contribution in [0.5, 0.6) is 17.2 Å². The summed E-state index contributed by atoms with van der Waals surface area (Å²) in [5.74, 6) is 2.09. The van der Waals surface area contributed by atoms with Gasteiger partial charge in [-0.05, 0) is 47.9 Å². The molecule has 0 aliphatic carbocycles. The van der Waals surface area contributed by atoms with Gasteiger partial charge in [0.05, 0.1) is 13.2 Å². The van der Waals surface area contributed by atoms with Crippen LogP contribution in [0.3, 0.4) is 0 Å². The van der Waals surface area contributed by atoms with Crippen LogP contribution in [0, 0.1) is 0 Å². The molecule has 0 fully saturated rings. The topological polar surface area (TPSA) is 56.8 Å². The second-order valence-electron chi connectivity index (χ2n) is 5.98. The average Bonchev–Trinajstić information content (AvgIpc) is 2.70. The van der Waals surface area contributed by atoms with E-state index in [-0.39, 0.29) is 11.9 Å². The predicted octanol–water partition coefficient (Wildman–Crippen LogP) is 3.75. The number of amides is 1. The van der Waals surface area contributed by atoms with Crippen molar-refractivity contribution in [3.63, 3.8) is 0 Å². The normalized spacial score (nSPS) is 14.1. The van der Waals surface area contributed by atoms with Gasteiger partial charge in [0.25, 0.3) is 0 Å². The van der Waals surface area contributed by atoms with E-state index in [0.29, 0.717) is 13.2 Å². The van der Waals surface area contributed by atoms with E-state index in [2.05, 4.69) is 5.32 Å². The number of fused-ring (bicyclic) bond motifs is 1. The second-order valence-corrected chi connectivity index (χ2v) is 5.98. The van der Waals surface area contributed by atoms with Gasteiger partial charge in [0.1, 0.15) is 19.0 Å². The Morgan fingerprint density at radius 2 is 2.00 bits per heavy atom. The predicted molar refractivity (Wildman–Crippen MR) is 101 cm³/mol. The minimum Gasteiger partial charge on any atom is -0.497 e. The van der Waals surface area contributed by atoms with Gasteiger partial charge in [-0.15, -0.1) is 0 Å². The summed E-state index contributed by atoms with van der Waals surface area (Å²) in [7, 11) is 1.62. The highest BCUT2D eigenvalue weighted by Gasteiger charge is 2.16. The summed E-state index contributed by atoms with van der Waals surface area (Å²) < 4.78 is 16.4. The Kier molecular flexibility index (Phi) is 5.79. The zero-order chi connectivity index (χ0) is 18.4. The SMILES string of the molecule is CCC(NC(=O)/C=C/c1cccc(OC)c1)c1ccc2c(c1)OCCO2. The van der Waals surface area contributed by atoms with Gasteiger partial charge in [-0.1, -0.05) is 25.1 Å². The van der Waals surface area contributed by atoms with Crippen molar-refractivity contribution in [3.05, 3.63) is 59.7 Å². The molecule has 5 heteroatoms. The molecular formula is C21H23NO4. The molecule has 2 aromatic carbocycles. The average molecular weight is 353 g/mol. The Morgan fingerprint density at radius 3 is 2.77 bits per heavy atom. The van der Waals surface area contributed by atoms with Crippen LogP contribution in [0.2, 0.25) is 0 Å². The van der Waals surface area contributed by atoms with Crippen LogP contribution in [-0.4, -0.2) is 26.2 Å². The first-order valence-electron chi connectivity index (χ1n) is 8.71. The molecule has 26 heavy (non-hydrogen) atoms. The molecule has 1 heterocycles. The Hall–Kier alpha value is -2.95. The molecule has 0 bridgehead atoms. The first kappa shape index (κ1) is 17.9. The summed E-state index contributed by atoms with van der Waals surface area (Å²) >= 11 is 0. The van der Waals surface area contributed by atoms with E-state index in [4.69, 9.17) is 14.2 Å². The third-order valence-electron chi connectivity index (χ3n) is 4.21. The number of rotatable bonds is 6. The molecule has 0 aromatic heterocycles. The maximum atomic E-state index is 12.3. The Balaban J connectivity index is 1.67. The van der Waals surface area contributed by atoms with Gasteiger partial charge in [0, 0.05) is 6.08 Å². The third kappa shape index (κ3) is 4.36. The molecule has 1 unspecified atom stereocenters. The molecule has 0 spiro atoms. The number of nitrogens with one attached hydrogen (secondary N) is 1. The van der Waals surface area contributed by atoms with Crippen LogP contribution in [0.1, 0.15) is 30.5 Å². The highest BCUT2D eigenvalue weighted by molar-refractivity contribution is 5.92.